The third-order valence-electron chi connectivity index (χ3n) is 3.47. The molecule has 2 aromatic carbocycles. The summed E-state index contributed by atoms with van der Waals surface area (Å²) in [5.41, 5.74) is 2.35. The molecule has 1 atom stereocenters. The summed E-state index contributed by atoms with van der Waals surface area (Å²) in [6.45, 7) is 3.80. The van der Waals surface area contributed by atoms with E-state index in [-0.39, 0.29) is 18.5 Å². The van der Waals surface area contributed by atoms with Crippen molar-refractivity contribution in [2.75, 3.05) is 11.9 Å². The average molecular weight is 383 g/mol. The first-order chi connectivity index (χ1) is 10.9. The minimum Gasteiger partial charge on any atom is -0.325 e. The summed E-state index contributed by atoms with van der Waals surface area (Å²) >= 11 is 3.41. The Morgan fingerprint density at radius 2 is 1.91 bits per heavy atom. The number of nitrogens with one attached hydrogen (secondary N) is 2. The Bertz CT molecular complexity index is 722. The summed E-state index contributed by atoms with van der Waals surface area (Å²) in [6, 6.07) is 8.96. The molecule has 0 aliphatic heterocycles. The van der Waals surface area contributed by atoms with Gasteiger partial charge in [0.1, 0.15) is 0 Å². The molecule has 0 saturated carbocycles. The molecule has 0 radical (unpaired) electrons. The summed E-state index contributed by atoms with van der Waals surface area (Å²) in [6.07, 6.45) is 0. The number of hydrogen-bond acceptors (Lipinski definition) is 2. The zero-order chi connectivity index (χ0) is 17.0. The van der Waals surface area contributed by atoms with Crippen LogP contribution in [0.3, 0.4) is 0 Å². The number of anilines is 1. The monoisotopic (exact) mass is 382 g/mol. The molecule has 3 nitrogen and oxygen atoms in total. The fraction of sp³-hybridized carbons (Fsp3) is 0.235. The molecule has 2 rings (SSSR count). The molecule has 1 amide bonds. The van der Waals surface area contributed by atoms with Gasteiger partial charge in [-0.1, -0.05) is 28.1 Å². The maximum Gasteiger partial charge on any atom is 0.238 e. The molecule has 0 saturated heterocycles. The summed E-state index contributed by atoms with van der Waals surface area (Å²) in [4.78, 5) is 11.9. The number of aryl methyl sites for hydroxylation is 1. The van der Waals surface area contributed by atoms with Gasteiger partial charge in [0.2, 0.25) is 5.91 Å². The van der Waals surface area contributed by atoms with Gasteiger partial charge in [-0.2, -0.15) is 0 Å². The van der Waals surface area contributed by atoms with Crippen LogP contribution in [0.4, 0.5) is 14.5 Å². The van der Waals surface area contributed by atoms with Crippen molar-refractivity contribution in [1.82, 2.24) is 5.32 Å². The highest BCUT2D eigenvalue weighted by atomic mass is 79.9. The molecule has 122 valence electrons. The maximum atomic E-state index is 13.2. The summed E-state index contributed by atoms with van der Waals surface area (Å²) in [5.74, 6) is -2.00. The highest BCUT2D eigenvalue weighted by Gasteiger charge is 2.11. The van der Waals surface area contributed by atoms with Crippen LogP contribution >= 0.6 is 15.9 Å². The van der Waals surface area contributed by atoms with Crippen LogP contribution in [0.1, 0.15) is 24.1 Å². The van der Waals surface area contributed by atoms with E-state index in [1.165, 1.54) is 6.07 Å². The highest BCUT2D eigenvalue weighted by Crippen LogP contribution is 2.20. The first-order valence-electron chi connectivity index (χ1n) is 7.11. The van der Waals surface area contributed by atoms with Gasteiger partial charge in [0, 0.05) is 16.2 Å². The van der Waals surface area contributed by atoms with Crippen molar-refractivity contribution in [2.45, 2.75) is 19.9 Å². The van der Waals surface area contributed by atoms with Crippen molar-refractivity contribution >= 4 is 27.5 Å². The van der Waals surface area contributed by atoms with Gasteiger partial charge in [-0.3, -0.25) is 4.79 Å². The van der Waals surface area contributed by atoms with Crippen LogP contribution in [0, 0.1) is 18.6 Å². The lowest BCUT2D eigenvalue weighted by Gasteiger charge is -2.14. The predicted molar refractivity (Wildman–Crippen MR) is 90.3 cm³/mol. The first kappa shape index (κ1) is 17.6. The minimum absolute atomic E-state index is 0.0612. The molecule has 6 heteroatoms. The van der Waals surface area contributed by atoms with Crippen molar-refractivity contribution in [1.29, 1.82) is 0 Å². The quantitative estimate of drug-likeness (QED) is 0.807. The van der Waals surface area contributed by atoms with Crippen LogP contribution in [0.2, 0.25) is 0 Å². The first-order valence-corrected chi connectivity index (χ1v) is 7.90. The smallest absolute Gasteiger partial charge is 0.238 e. The molecule has 0 aliphatic carbocycles. The van der Waals surface area contributed by atoms with E-state index < -0.39 is 11.6 Å². The van der Waals surface area contributed by atoms with Gasteiger partial charge in [0.15, 0.2) is 11.6 Å². The Labute approximate surface area is 142 Å². The molecule has 0 spiro atoms. The Kier molecular flexibility index (Phi) is 5.85. The zero-order valence-corrected chi connectivity index (χ0v) is 14.4. The van der Waals surface area contributed by atoms with Crippen LogP contribution in [0.15, 0.2) is 40.9 Å². The van der Waals surface area contributed by atoms with Gasteiger partial charge in [-0.25, -0.2) is 8.78 Å². The minimum atomic E-state index is -0.898. The molecule has 0 fully saturated rings. The Hall–Kier alpha value is -1.79. The molecular weight excluding hydrogens is 366 g/mol. The largest absolute Gasteiger partial charge is 0.325 e. The predicted octanol–water partition coefficient (Wildman–Crippen LogP) is 4.33. The standard InChI is InChI=1S/C17H17BrF2N2O/c1-10-3-5-13(8-14(10)18)22-17(23)9-21-11(2)12-4-6-15(19)16(20)7-12/h3-8,11,21H,9H2,1-2H3,(H,22,23)/t11-/m1/s1. The third-order valence-corrected chi connectivity index (χ3v) is 4.32. The second-order valence-corrected chi connectivity index (χ2v) is 6.14. The number of carbonyl (C=O) groups is 1. The molecule has 0 aromatic heterocycles. The van der Waals surface area contributed by atoms with E-state index in [1.807, 2.05) is 25.1 Å². The van der Waals surface area contributed by atoms with Gasteiger partial charge >= 0.3 is 0 Å². The number of halogens is 3. The fourth-order valence-electron chi connectivity index (χ4n) is 2.02. The molecule has 0 unspecified atom stereocenters. The van der Waals surface area contributed by atoms with Crippen molar-refractivity contribution in [3.63, 3.8) is 0 Å². The van der Waals surface area contributed by atoms with E-state index in [4.69, 9.17) is 0 Å². The second kappa shape index (κ2) is 7.66. The van der Waals surface area contributed by atoms with Crippen molar-refractivity contribution < 1.29 is 13.6 Å². The van der Waals surface area contributed by atoms with Crippen molar-refractivity contribution in [3.8, 4) is 0 Å². The van der Waals surface area contributed by atoms with E-state index in [9.17, 15) is 13.6 Å². The molecular formula is C17H17BrF2N2O. The van der Waals surface area contributed by atoms with Crippen LogP contribution in [0.25, 0.3) is 0 Å². The maximum absolute atomic E-state index is 13.2. The van der Waals surface area contributed by atoms with E-state index in [0.29, 0.717) is 11.3 Å². The van der Waals surface area contributed by atoms with E-state index in [0.717, 1.165) is 22.2 Å². The highest BCUT2D eigenvalue weighted by molar-refractivity contribution is 9.10. The number of benzene rings is 2. The van der Waals surface area contributed by atoms with Gasteiger partial charge in [0.25, 0.3) is 0 Å². The normalized spacial score (nSPS) is 12.0. The number of rotatable bonds is 5. The van der Waals surface area contributed by atoms with Crippen molar-refractivity contribution in [3.05, 3.63) is 63.6 Å². The number of amides is 1. The molecule has 0 bridgehead atoms. The summed E-state index contributed by atoms with van der Waals surface area (Å²) in [7, 11) is 0. The average Bonchev–Trinajstić information content (AvgIpc) is 2.51. The van der Waals surface area contributed by atoms with Gasteiger partial charge in [-0.15, -0.1) is 0 Å². The van der Waals surface area contributed by atoms with Gasteiger partial charge < -0.3 is 10.6 Å². The number of carbonyl (C=O) groups excluding carboxylic acids is 1. The summed E-state index contributed by atoms with van der Waals surface area (Å²) in [5, 5.41) is 5.75. The fourth-order valence-corrected chi connectivity index (χ4v) is 2.40. The lowest BCUT2D eigenvalue weighted by molar-refractivity contribution is -0.115. The lowest BCUT2D eigenvalue weighted by atomic mass is 10.1. The van der Waals surface area contributed by atoms with E-state index in [1.54, 1.807) is 6.92 Å². The van der Waals surface area contributed by atoms with E-state index in [2.05, 4.69) is 26.6 Å². The molecule has 2 aromatic rings. The molecule has 0 aliphatic rings. The Morgan fingerprint density at radius 1 is 1.17 bits per heavy atom. The zero-order valence-electron chi connectivity index (χ0n) is 12.8. The van der Waals surface area contributed by atoms with Crippen LogP contribution in [-0.4, -0.2) is 12.5 Å². The Morgan fingerprint density at radius 3 is 2.57 bits per heavy atom. The number of hydrogen-bond donors (Lipinski definition) is 2. The second-order valence-electron chi connectivity index (χ2n) is 5.29. The van der Waals surface area contributed by atoms with Crippen LogP contribution in [-0.2, 0) is 4.79 Å². The SMILES string of the molecule is Cc1ccc(NC(=O)CN[C@H](C)c2ccc(F)c(F)c2)cc1Br. The van der Waals surface area contributed by atoms with Crippen LogP contribution in [0.5, 0.6) is 0 Å². The topological polar surface area (TPSA) is 41.1 Å². The molecule has 0 heterocycles. The van der Waals surface area contributed by atoms with Crippen LogP contribution < -0.4 is 10.6 Å². The molecule has 23 heavy (non-hydrogen) atoms. The summed E-state index contributed by atoms with van der Waals surface area (Å²) < 4.78 is 27.0. The molecule has 2 N–H and O–H groups in total. The van der Waals surface area contributed by atoms with Gasteiger partial charge in [-0.05, 0) is 49.2 Å². The van der Waals surface area contributed by atoms with Gasteiger partial charge in [0.05, 0.1) is 6.54 Å². The Balaban J connectivity index is 1.90. The van der Waals surface area contributed by atoms with E-state index >= 15 is 0 Å². The lowest BCUT2D eigenvalue weighted by Crippen LogP contribution is -2.30. The third kappa shape index (κ3) is 4.84. The van der Waals surface area contributed by atoms with Crippen molar-refractivity contribution in [2.24, 2.45) is 0 Å².